The van der Waals surface area contributed by atoms with Crippen molar-refractivity contribution in [3.8, 4) is 11.6 Å². The zero-order chi connectivity index (χ0) is 19.2. The summed E-state index contributed by atoms with van der Waals surface area (Å²) in [5.74, 6) is 1.40. The molecule has 28 heavy (non-hydrogen) atoms. The van der Waals surface area contributed by atoms with E-state index in [4.69, 9.17) is 4.74 Å². The Morgan fingerprint density at radius 3 is 2.64 bits per heavy atom. The average molecular weight is 388 g/mol. The number of para-hydroxylation sites is 1. The van der Waals surface area contributed by atoms with Crippen LogP contribution in [-0.4, -0.2) is 26.6 Å². The molecule has 0 unspecified atom stereocenters. The predicted molar refractivity (Wildman–Crippen MR) is 110 cm³/mol. The Morgan fingerprint density at radius 2 is 1.82 bits per heavy atom. The molecule has 2 heterocycles. The Kier molecular flexibility index (Phi) is 5.44. The van der Waals surface area contributed by atoms with E-state index < -0.39 is 0 Å². The van der Waals surface area contributed by atoms with Gasteiger partial charge in [0.1, 0.15) is 12.1 Å². The quantitative estimate of drug-likeness (QED) is 0.488. The molecule has 0 saturated heterocycles. The largest absolute Gasteiger partial charge is 0.438 e. The number of fused-ring (bicyclic) bond motifs is 1. The summed E-state index contributed by atoms with van der Waals surface area (Å²) in [5.41, 5.74) is 1.37. The maximum Gasteiger partial charge on any atom is 0.234 e. The van der Waals surface area contributed by atoms with Crippen molar-refractivity contribution >= 4 is 34.3 Å². The molecule has 2 aromatic carbocycles. The van der Waals surface area contributed by atoms with Crippen molar-refractivity contribution in [2.24, 2.45) is 0 Å². The van der Waals surface area contributed by atoms with Crippen LogP contribution >= 0.6 is 11.8 Å². The first kappa shape index (κ1) is 17.9. The Morgan fingerprint density at radius 1 is 1.00 bits per heavy atom. The standard InChI is InChI=1S/C21H16N4O2S/c26-20(13-28-17-8-10-22-11-9-17)25-15-6-7-18-19(12-15)23-14-24-21(18)27-16-4-2-1-3-5-16/h1-12,14H,13H2,(H,25,26). The smallest absolute Gasteiger partial charge is 0.234 e. The molecule has 0 fully saturated rings. The van der Waals surface area contributed by atoms with Crippen molar-refractivity contribution in [2.75, 3.05) is 11.1 Å². The fraction of sp³-hybridized carbons (Fsp3) is 0.0476. The number of nitrogens with one attached hydrogen (secondary N) is 1. The van der Waals surface area contributed by atoms with Gasteiger partial charge in [0.05, 0.1) is 16.7 Å². The van der Waals surface area contributed by atoms with Gasteiger partial charge >= 0.3 is 0 Å². The van der Waals surface area contributed by atoms with Gasteiger partial charge in [-0.2, -0.15) is 0 Å². The number of pyridine rings is 1. The van der Waals surface area contributed by atoms with Gasteiger partial charge in [0.25, 0.3) is 0 Å². The lowest BCUT2D eigenvalue weighted by atomic mass is 10.2. The number of hydrogen-bond donors (Lipinski definition) is 1. The number of hydrogen-bond acceptors (Lipinski definition) is 6. The molecule has 0 spiro atoms. The lowest BCUT2D eigenvalue weighted by Crippen LogP contribution is -2.13. The average Bonchev–Trinajstić information content (AvgIpc) is 2.74. The van der Waals surface area contributed by atoms with Crippen LogP contribution in [0.1, 0.15) is 0 Å². The molecule has 138 valence electrons. The number of thioether (sulfide) groups is 1. The highest BCUT2D eigenvalue weighted by molar-refractivity contribution is 8.00. The van der Waals surface area contributed by atoms with Gasteiger partial charge in [-0.3, -0.25) is 9.78 Å². The zero-order valence-electron chi connectivity index (χ0n) is 14.8. The van der Waals surface area contributed by atoms with Gasteiger partial charge in [-0.05, 0) is 42.5 Å². The Balaban J connectivity index is 1.46. The van der Waals surface area contributed by atoms with Gasteiger partial charge in [-0.1, -0.05) is 18.2 Å². The second-order valence-electron chi connectivity index (χ2n) is 5.85. The van der Waals surface area contributed by atoms with E-state index in [9.17, 15) is 4.79 Å². The third-order valence-corrected chi connectivity index (χ3v) is 4.87. The Hall–Kier alpha value is -3.45. The SMILES string of the molecule is O=C(CSc1ccncc1)Nc1ccc2c(Oc3ccccc3)ncnc2c1. The third kappa shape index (κ3) is 4.44. The molecule has 0 aliphatic carbocycles. The van der Waals surface area contributed by atoms with Crippen LogP contribution in [0.15, 0.2) is 84.3 Å². The molecule has 0 saturated carbocycles. The van der Waals surface area contributed by atoms with E-state index in [1.54, 1.807) is 12.4 Å². The Labute approximate surface area is 166 Å². The number of ether oxygens (including phenoxy) is 1. The van der Waals surface area contributed by atoms with Crippen LogP contribution in [0.5, 0.6) is 11.6 Å². The lowest BCUT2D eigenvalue weighted by Gasteiger charge is -2.09. The number of carbonyl (C=O) groups excluding carboxylic acids is 1. The lowest BCUT2D eigenvalue weighted by molar-refractivity contribution is -0.113. The van der Waals surface area contributed by atoms with Crippen LogP contribution in [-0.2, 0) is 4.79 Å². The van der Waals surface area contributed by atoms with Crippen molar-refractivity contribution < 1.29 is 9.53 Å². The fourth-order valence-corrected chi connectivity index (χ4v) is 3.26. The molecule has 4 rings (SSSR count). The van der Waals surface area contributed by atoms with Crippen LogP contribution in [0.25, 0.3) is 10.9 Å². The second kappa shape index (κ2) is 8.49. The minimum atomic E-state index is -0.0871. The van der Waals surface area contributed by atoms with E-state index in [0.717, 1.165) is 10.3 Å². The Bertz CT molecular complexity index is 1090. The molecule has 7 heteroatoms. The number of rotatable bonds is 6. The molecule has 6 nitrogen and oxygen atoms in total. The number of amides is 1. The highest BCUT2D eigenvalue weighted by atomic mass is 32.2. The summed E-state index contributed by atoms with van der Waals surface area (Å²) in [5, 5.41) is 3.67. The van der Waals surface area contributed by atoms with Crippen LogP contribution in [0, 0.1) is 0 Å². The van der Waals surface area contributed by atoms with Crippen LogP contribution in [0.3, 0.4) is 0 Å². The predicted octanol–water partition coefficient (Wildman–Crippen LogP) is 4.55. The number of carbonyl (C=O) groups is 1. The minimum absolute atomic E-state index is 0.0871. The second-order valence-corrected chi connectivity index (χ2v) is 6.89. The van der Waals surface area contributed by atoms with E-state index in [-0.39, 0.29) is 5.91 Å². The van der Waals surface area contributed by atoms with Crippen molar-refractivity contribution in [1.29, 1.82) is 0 Å². The van der Waals surface area contributed by atoms with Gasteiger partial charge in [-0.15, -0.1) is 11.8 Å². The van der Waals surface area contributed by atoms with Crippen molar-refractivity contribution in [3.63, 3.8) is 0 Å². The molecule has 0 atom stereocenters. The normalized spacial score (nSPS) is 10.6. The number of anilines is 1. The van der Waals surface area contributed by atoms with E-state index >= 15 is 0 Å². The molecule has 2 aromatic heterocycles. The molecule has 1 amide bonds. The molecule has 0 aliphatic rings. The fourth-order valence-electron chi connectivity index (χ4n) is 2.57. The highest BCUT2D eigenvalue weighted by Crippen LogP contribution is 2.28. The highest BCUT2D eigenvalue weighted by Gasteiger charge is 2.09. The molecular weight excluding hydrogens is 372 g/mol. The molecule has 4 aromatic rings. The summed E-state index contributed by atoms with van der Waals surface area (Å²) < 4.78 is 5.85. The summed E-state index contributed by atoms with van der Waals surface area (Å²) in [7, 11) is 0. The monoisotopic (exact) mass is 388 g/mol. The van der Waals surface area contributed by atoms with Gasteiger partial charge in [0, 0.05) is 23.0 Å². The minimum Gasteiger partial charge on any atom is -0.438 e. The topological polar surface area (TPSA) is 77.0 Å². The summed E-state index contributed by atoms with van der Waals surface area (Å²) in [6, 6.07) is 18.7. The van der Waals surface area contributed by atoms with Gasteiger partial charge in [-0.25, -0.2) is 9.97 Å². The van der Waals surface area contributed by atoms with E-state index in [0.29, 0.717) is 28.6 Å². The van der Waals surface area contributed by atoms with E-state index in [2.05, 4.69) is 20.3 Å². The van der Waals surface area contributed by atoms with Crippen molar-refractivity contribution in [1.82, 2.24) is 15.0 Å². The van der Waals surface area contributed by atoms with Crippen LogP contribution < -0.4 is 10.1 Å². The summed E-state index contributed by atoms with van der Waals surface area (Å²) in [4.78, 5) is 25.7. The maximum atomic E-state index is 12.2. The van der Waals surface area contributed by atoms with Crippen molar-refractivity contribution in [2.45, 2.75) is 4.90 Å². The first-order valence-electron chi connectivity index (χ1n) is 8.58. The summed E-state index contributed by atoms with van der Waals surface area (Å²) in [6.45, 7) is 0. The van der Waals surface area contributed by atoms with Gasteiger partial charge in [0.2, 0.25) is 11.8 Å². The molecule has 1 N–H and O–H groups in total. The van der Waals surface area contributed by atoms with Crippen LogP contribution in [0.4, 0.5) is 5.69 Å². The number of nitrogens with zero attached hydrogens (tertiary/aromatic N) is 3. The third-order valence-electron chi connectivity index (χ3n) is 3.86. The first-order valence-corrected chi connectivity index (χ1v) is 9.57. The maximum absolute atomic E-state index is 12.2. The van der Waals surface area contributed by atoms with E-state index in [1.165, 1.54) is 18.1 Å². The zero-order valence-corrected chi connectivity index (χ0v) is 15.6. The molecular formula is C21H16N4O2S. The van der Waals surface area contributed by atoms with E-state index in [1.807, 2.05) is 60.7 Å². The molecule has 0 radical (unpaired) electrons. The first-order chi connectivity index (χ1) is 13.8. The number of aromatic nitrogens is 3. The molecule has 0 aliphatic heterocycles. The molecule has 0 bridgehead atoms. The van der Waals surface area contributed by atoms with Gasteiger partial charge < -0.3 is 10.1 Å². The van der Waals surface area contributed by atoms with Crippen LogP contribution in [0.2, 0.25) is 0 Å². The van der Waals surface area contributed by atoms with Crippen molar-refractivity contribution in [3.05, 3.63) is 79.4 Å². The van der Waals surface area contributed by atoms with Gasteiger partial charge in [0.15, 0.2) is 0 Å². The summed E-state index contributed by atoms with van der Waals surface area (Å²) in [6.07, 6.45) is 4.86. The summed E-state index contributed by atoms with van der Waals surface area (Å²) >= 11 is 1.46. The number of benzene rings is 2.